The van der Waals surface area contributed by atoms with E-state index in [1.54, 1.807) is 0 Å². The summed E-state index contributed by atoms with van der Waals surface area (Å²) in [6, 6.07) is 48.1. The molecule has 0 unspecified atom stereocenters. The first-order chi connectivity index (χ1) is 21.5. The Morgan fingerprint density at radius 2 is 0.773 bits per heavy atom. The summed E-state index contributed by atoms with van der Waals surface area (Å²) in [5.41, 5.74) is 8.39. The summed E-state index contributed by atoms with van der Waals surface area (Å²) in [6.45, 7) is 4.25. The van der Waals surface area contributed by atoms with Crippen molar-refractivity contribution in [1.82, 2.24) is 13.7 Å². The molecule has 9 aromatic rings. The second-order valence-corrected chi connectivity index (χ2v) is 12.5. The molecule has 0 bridgehead atoms. The number of aromatic nitrogens is 3. The normalized spacial score (nSPS) is 12.5. The van der Waals surface area contributed by atoms with Crippen LogP contribution < -0.4 is 0 Å². The van der Waals surface area contributed by atoms with Crippen molar-refractivity contribution in [2.75, 3.05) is 0 Å². The van der Waals surface area contributed by atoms with E-state index in [2.05, 4.69) is 147 Å². The summed E-state index contributed by atoms with van der Waals surface area (Å²) in [5.74, 6) is 0. The van der Waals surface area contributed by atoms with Crippen LogP contribution in [0.3, 0.4) is 0 Å². The summed E-state index contributed by atoms with van der Waals surface area (Å²) in [7, 11) is 0. The van der Waals surface area contributed by atoms with Gasteiger partial charge in [0, 0.05) is 54.7 Å². The van der Waals surface area contributed by atoms with Crippen LogP contribution in [0.4, 0.5) is 0 Å². The van der Waals surface area contributed by atoms with Crippen LogP contribution in [-0.2, 0) is 6.54 Å². The molecule has 9 rings (SSSR count). The van der Waals surface area contributed by atoms with Crippen molar-refractivity contribution in [3.8, 4) is 11.4 Å². The lowest BCUT2D eigenvalue weighted by Gasteiger charge is -2.20. The van der Waals surface area contributed by atoms with Crippen LogP contribution in [0.5, 0.6) is 0 Å². The predicted molar refractivity (Wildman–Crippen MR) is 184 cm³/mol. The van der Waals surface area contributed by atoms with Gasteiger partial charge in [0.15, 0.2) is 0 Å². The number of nitrogens with zero attached hydrogens (tertiary/aromatic N) is 3. The number of para-hydroxylation sites is 4. The maximum atomic E-state index is 11.0. The molecule has 0 fully saturated rings. The molecule has 3 heterocycles. The summed E-state index contributed by atoms with van der Waals surface area (Å²) >= 11 is 0. The molecule has 1 N–H and O–H groups in total. The number of hydrogen-bond donors (Lipinski definition) is 1. The van der Waals surface area contributed by atoms with Gasteiger partial charge in [0.05, 0.1) is 34.2 Å². The Bertz CT molecular complexity index is 2290. The monoisotopic (exact) mass is 569 g/mol. The molecule has 3 aromatic heterocycles. The molecule has 0 radical (unpaired) electrons. The largest absolute Gasteiger partial charge is 0.389 e. The van der Waals surface area contributed by atoms with Gasteiger partial charge in [-0.2, -0.15) is 0 Å². The van der Waals surface area contributed by atoms with E-state index in [4.69, 9.17) is 0 Å². The zero-order valence-electron chi connectivity index (χ0n) is 24.7. The van der Waals surface area contributed by atoms with Crippen LogP contribution in [0.2, 0.25) is 0 Å². The minimum atomic E-state index is -0.865. The van der Waals surface area contributed by atoms with Gasteiger partial charge in [-0.1, -0.05) is 72.8 Å². The highest BCUT2D eigenvalue weighted by atomic mass is 16.3. The lowest BCUT2D eigenvalue weighted by molar-refractivity contribution is 0.0640. The molecule has 0 saturated heterocycles. The van der Waals surface area contributed by atoms with Crippen LogP contribution in [0.25, 0.3) is 76.8 Å². The third kappa shape index (κ3) is 3.61. The third-order valence-corrected chi connectivity index (χ3v) is 9.05. The highest BCUT2D eigenvalue weighted by Crippen LogP contribution is 2.38. The fraction of sp³-hybridized carbons (Fsp3) is 0.100. The smallest absolute Gasteiger partial charge is 0.0770 e. The van der Waals surface area contributed by atoms with Crippen molar-refractivity contribution in [2.45, 2.75) is 26.0 Å². The third-order valence-electron chi connectivity index (χ3n) is 9.05. The van der Waals surface area contributed by atoms with Crippen molar-refractivity contribution in [1.29, 1.82) is 0 Å². The first-order valence-electron chi connectivity index (χ1n) is 15.2. The first kappa shape index (κ1) is 25.2. The van der Waals surface area contributed by atoms with Gasteiger partial charge in [-0.3, -0.25) is 0 Å². The van der Waals surface area contributed by atoms with Gasteiger partial charge in [0.25, 0.3) is 0 Å². The molecule has 0 aliphatic carbocycles. The van der Waals surface area contributed by atoms with E-state index in [9.17, 15) is 5.11 Å². The number of hydrogen-bond acceptors (Lipinski definition) is 1. The minimum absolute atomic E-state index is 0.496. The van der Waals surface area contributed by atoms with Crippen LogP contribution in [-0.4, -0.2) is 24.4 Å². The molecule has 44 heavy (non-hydrogen) atoms. The van der Waals surface area contributed by atoms with Crippen LogP contribution in [0, 0.1) is 0 Å². The second kappa shape index (κ2) is 9.09. The Hall–Kier alpha value is -5.32. The molecule has 212 valence electrons. The molecular formula is C40H31N3O. The number of aliphatic hydroxyl groups is 1. The SMILES string of the molecule is CC(C)(O)Cn1c2ccc(-n3c4ccccc4c4ccccc43)cc2c2cc(-n3c4ccccc4c4ccccc43)ccc21. The topological polar surface area (TPSA) is 35.0 Å². The second-order valence-electron chi connectivity index (χ2n) is 12.5. The van der Waals surface area contributed by atoms with Crippen molar-refractivity contribution in [3.63, 3.8) is 0 Å². The van der Waals surface area contributed by atoms with Gasteiger partial charge in [-0.05, 0) is 74.5 Å². The molecule has 0 saturated carbocycles. The number of benzene rings is 6. The van der Waals surface area contributed by atoms with Gasteiger partial charge < -0.3 is 18.8 Å². The number of rotatable bonds is 4. The summed E-state index contributed by atoms with van der Waals surface area (Å²) < 4.78 is 7.02. The maximum Gasteiger partial charge on any atom is 0.0770 e. The Labute approximate surface area is 254 Å². The highest BCUT2D eigenvalue weighted by Gasteiger charge is 2.21. The lowest BCUT2D eigenvalue weighted by Crippen LogP contribution is -2.25. The van der Waals surface area contributed by atoms with Gasteiger partial charge in [-0.15, -0.1) is 0 Å². The zero-order chi connectivity index (χ0) is 29.6. The van der Waals surface area contributed by atoms with Crippen molar-refractivity contribution in [2.24, 2.45) is 0 Å². The molecule has 6 aromatic carbocycles. The lowest BCUT2D eigenvalue weighted by atomic mass is 10.1. The average Bonchev–Trinajstić information content (AvgIpc) is 3.66. The molecule has 0 spiro atoms. The van der Waals surface area contributed by atoms with E-state index in [1.165, 1.54) is 54.4 Å². The Balaban J connectivity index is 1.36. The fourth-order valence-corrected chi connectivity index (χ4v) is 7.32. The van der Waals surface area contributed by atoms with E-state index < -0.39 is 5.60 Å². The summed E-state index contributed by atoms with van der Waals surface area (Å²) in [4.78, 5) is 0. The summed E-state index contributed by atoms with van der Waals surface area (Å²) in [5, 5.41) is 18.3. The number of fused-ring (bicyclic) bond motifs is 9. The standard InChI is InChI=1S/C40H31N3O/c1-40(2,44)25-41-34-21-19-26(42-36-15-7-3-11-28(36)29-12-4-8-16-37(29)42)23-32(34)33-24-27(20-22-35(33)41)43-38-17-9-5-13-30(38)31-14-6-10-18-39(31)43/h3-24,44H,25H2,1-2H3. The fourth-order valence-electron chi connectivity index (χ4n) is 7.32. The zero-order valence-corrected chi connectivity index (χ0v) is 24.7. The quantitative estimate of drug-likeness (QED) is 0.225. The predicted octanol–water partition coefficient (Wildman–Crippen LogP) is 9.76. The van der Waals surface area contributed by atoms with E-state index >= 15 is 0 Å². The van der Waals surface area contributed by atoms with Crippen molar-refractivity contribution in [3.05, 3.63) is 133 Å². The van der Waals surface area contributed by atoms with Gasteiger partial charge in [-0.25, -0.2) is 0 Å². The molecule has 0 aliphatic rings. The Morgan fingerprint density at radius 1 is 0.432 bits per heavy atom. The average molecular weight is 570 g/mol. The first-order valence-corrected chi connectivity index (χ1v) is 15.2. The van der Waals surface area contributed by atoms with E-state index in [0.29, 0.717) is 6.54 Å². The maximum absolute atomic E-state index is 11.0. The van der Waals surface area contributed by atoms with Crippen LogP contribution >= 0.6 is 0 Å². The van der Waals surface area contributed by atoms with Crippen LogP contribution in [0.15, 0.2) is 133 Å². The van der Waals surface area contributed by atoms with Crippen molar-refractivity contribution >= 4 is 65.4 Å². The Morgan fingerprint density at radius 3 is 1.11 bits per heavy atom. The van der Waals surface area contributed by atoms with Crippen molar-refractivity contribution < 1.29 is 5.11 Å². The van der Waals surface area contributed by atoms with Gasteiger partial charge in [0.2, 0.25) is 0 Å². The molecule has 4 heteroatoms. The Kier molecular flexibility index (Phi) is 5.21. The molecule has 0 aliphatic heterocycles. The van der Waals surface area contributed by atoms with E-state index in [0.717, 1.165) is 22.4 Å². The van der Waals surface area contributed by atoms with E-state index in [1.807, 2.05) is 13.8 Å². The van der Waals surface area contributed by atoms with E-state index in [-0.39, 0.29) is 0 Å². The molecule has 4 nitrogen and oxygen atoms in total. The highest BCUT2D eigenvalue weighted by molar-refractivity contribution is 6.13. The molecule has 0 amide bonds. The van der Waals surface area contributed by atoms with Gasteiger partial charge >= 0.3 is 0 Å². The summed E-state index contributed by atoms with van der Waals surface area (Å²) in [6.07, 6.45) is 0. The molecular weight excluding hydrogens is 538 g/mol. The van der Waals surface area contributed by atoms with Crippen LogP contribution in [0.1, 0.15) is 13.8 Å². The minimum Gasteiger partial charge on any atom is -0.389 e. The van der Waals surface area contributed by atoms with Gasteiger partial charge in [0.1, 0.15) is 0 Å². The molecule has 0 atom stereocenters.